The second kappa shape index (κ2) is 10.4. The molecule has 6 heteroatoms. The SMILES string of the molecule is CNC(=O)C(=O)CCCCCCNC(=O)Nc1ccccc1. The number of carbonyl (C=O) groups is 3. The first-order valence-electron chi connectivity index (χ1n) is 7.48. The van der Waals surface area contributed by atoms with E-state index >= 15 is 0 Å². The van der Waals surface area contributed by atoms with Gasteiger partial charge in [-0.2, -0.15) is 0 Å². The summed E-state index contributed by atoms with van der Waals surface area (Å²) < 4.78 is 0. The molecule has 120 valence electrons. The maximum absolute atomic E-state index is 11.6. The second-order valence-corrected chi connectivity index (χ2v) is 4.91. The van der Waals surface area contributed by atoms with Crippen molar-refractivity contribution in [2.45, 2.75) is 32.1 Å². The van der Waals surface area contributed by atoms with E-state index < -0.39 is 5.91 Å². The van der Waals surface area contributed by atoms with Gasteiger partial charge in [-0.3, -0.25) is 9.59 Å². The van der Waals surface area contributed by atoms with Gasteiger partial charge < -0.3 is 16.0 Å². The third-order valence-corrected chi connectivity index (χ3v) is 3.13. The molecule has 0 bridgehead atoms. The zero-order chi connectivity index (χ0) is 16.2. The van der Waals surface area contributed by atoms with Crippen molar-refractivity contribution in [1.29, 1.82) is 0 Å². The molecule has 1 aromatic carbocycles. The van der Waals surface area contributed by atoms with Gasteiger partial charge in [-0.05, 0) is 25.0 Å². The molecule has 0 unspecified atom stereocenters. The largest absolute Gasteiger partial charge is 0.353 e. The summed E-state index contributed by atoms with van der Waals surface area (Å²) in [6.45, 7) is 0.585. The predicted molar refractivity (Wildman–Crippen MR) is 85.6 cm³/mol. The monoisotopic (exact) mass is 305 g/mol. The second-order valence-electron chi connectivity index (χ2n) is 4.91. The fraction of sp³-hybridized carbons (Fsp3) is 0.438. The number of Topliss-reactive ketones (excluding diaryl/α,β-unsaturated/α-hetero) is 1. The van der Waals surface area contributed by atoms with Gasteiger partial charge in [0.1, 0.15) is 0 Å². The Kier molecular flexibility index (Phi) is 8.33. The Balaban J connectivity index is 2.00. The van der Waals surface area contributed by atoms with Crippen molar-refractivity contribution >= 4 is 23.4 Å². The Labute approximate surface area is 130 Å². The van der Waals surface area contributed by atoms with E-state index in [9.17, 15) is 14.4 Å². The van der Waals surface area contributed by atoms with Crippen molar-refractivity contribution in [3.05, 3.63) is 30.3 Å². The first-order valence-corrected chi connectivity index (χ1v) is 7.48. The van der Waals surface area contributed by atoms with Crippen LogP contribution in [0.2, 0.25) is 0 Å². The molecule has 1 aromatic rings. The number of likely N-dealkylation sites (N-methyl/N-ethyl adjacent to an activating group) is 1. The van der Waals surface area contributed by atoms with Crippen molar-refractivity contribution in [2.75, 3.05) is 18.9 Å². The van der Waals surface area contributed by atoms with Crippen LogP contribution in [0.3, 0.4) is 0 Å². The third-order valence-electron chi connectivity index (χ3n) is 3.13. The Hall–Kier alpha value is -2.37. The number of nitrogens with one attached hydrogen (secondary N) is 3. The van der Waals surface area contributed by atoms with Crippen LogP contribution >= 0.6 is 0 Å². The number of ketones is 1. The van der Waals surface area contributed by atoms with Gasteiger partial charge >= 0.3 is 6.03 Å². The van der Waals surface area contributed by atoms with Crippen LogP contribution in [0.25, 0.3) is 0 Å². The van der Waals surface area contributed by atoms with Crippen molar-refractivity contribution in [3.63, 3.8) is 0 Å². The molecule has 0 saturated carbocycles. The van der Waals surface area contributed by atoms with Crippen LogP contribution in [0.5, 0.6) is 0 Å². The lowest BCUT2D eigenvalue weighted by Gasteiger charge is -2.07. The van der Waals surface area contributed by atoms with Gasteiger partial charge in [-0.1, -0.05) is 31.0 Å². The zero-order valence-corrected chi connectivity index (χ0v) is 12.9. The standard InChI is InChI=1S/C16H23N3O3/c1-17-15(21)14(20)11-7-2-3-8-12-18-16(22)19-13-9-5-4-6-10-13/h4-6,9-10H,2-3,7-8,11-12H2,1H3,(H,17,21)(H2,18,19,22). The Bertz CT molecular complexity index is 489. The number of anilines is 1. The lowest BCUT2D eigenvalue weighted by atomic mass is 10.1. The quantitative estimate of drug-likeness (QED) is 0.482. The summed E-state index contributed by atoms with van der Waals surface area (Å²) in [5, 5.41) is 7.83. The Morgan fingerprint density at radius 3 is 2.32 bits per heavy atom. The van der Waals surface area contributed by atoms with Gasteiger partial charge in [-0.25, -0.2) is 4.79 Å². The highest BCUT2D eigenvalue weighted by Gasteiger charge is 2.09. The maximum atomic E-state index is 11.6. The number of amides is 3. The molecule has 22 heavy (non-hydrogen) atoms. The molecule has 6 nitrogen and oxygen atoms in total. The van der Waals surface area contributed by atoms with Crippen LogP contribution in [0, 0.1) is 0 Å². The highest BCUT2D eigenvalue weighted by atomic mass is 16.2. The summed E-state index contributed by atoms with van der Waals surface area (Å²) >= 11 is 0. The van der Waals surface area contributed by atoms with E-state index in [0.29, 0.717) is 13.0 Å². The summed E-state index contributed by atoms with van der Waals surface area (Å²) in [5.74, 6) is -0.901. The molecule has 0 radical (unpaired) electrons. The van der Waals surface area contributed by atoms with Gasteiger partial charge in [0, 0.05) is 25.7 Å². The van der Waals surface area contributed by atoms with E-state index in [0.717, 1.165) is 24.9 Å². The van der Waals surface area contributed by atoms with Crippen LogP contribution in [0.4, 0.5) is 10.5 Å². The molecule has 3 amide bonds. The highest BCUT2D eigenvalue weighted by Crippen LogP contribution is 2.05. The van der Waals surface area contributed by atoms with Crippen molar-refractivity contribution < 1.29 is 14.4 Å². The normalized spacial score (nSPS) is 9.86. The number of para-hydroxylation sites is 1. The third kappa shape index (κ3) is 7.42. The summed E-state index contributed by atoms with van der Waals surface area (Å²) in [5.41, 5.74) is 0.757. The van der Waals surface area contributed by atoms with E-state index in [-0.39, 0.29) is 18.2 Å². The van der Waals surface area contributed by atoms with Crippen LogP contribution in [0.1, 0.15) is 32.1 Å². The topological polar surface area (TPSA) is 87.3 Å². The van der Waals surface area contributed by atoms with E-state index in [1.165, 1.54) is 7.05 Å². The number of benzene rings is 1. The Morgan fingerprint density at radius 2 is 1.64 bits per heavy atom. The summed E-state index contributed by atoms with van der Waals surface area (Å²) in [6, 6.07) is 9.02. The molecule has 0 heterocycles. The molecule has 0 fully saturated rings. The van der Waals surface area contributed by atoms with Crippen LogP contribution in [-0.4, -0.2) is 31.3 Å². The minimum atomic E-state index is -0.528. The number of hydrogen-bond acceptors (Lipinski definition) is 3. The number of hydrogen-bond donors (Lipinski definition) is 3. The molecule has 0 aliphatic heterocycles. The molecule has 0 atom stereocenters. The molecule has 3 N–H and O–H groups in total. The average molecular weight is 305 g/mol. The van der Waals surface area contributed by atoms with E-state index in [1.807, 2.05) is 30.3 Å². The van der Waals surface area contributed by atoms with Crippen molar-refractivity contribution in [2.24, 2.45) is 0 Å². The van der Waals surface area contributed by atoms with E-state index in [2.05, 4.69) is 16.0 Å². The van der Waals surface area contributed by atoms with E-state index in [1.54, 1.807) is 0 Å². The number of rotatable bonds is 9. The van der Waals surface area contributed by atoms with Gasteiger partial charge in [0.2, 0.25) is 5.78 Å². The fourth-order valence-corrected chi connectivity index (χ4v) is 1.92. The predicted octanol–water partition coefficient (Wildman–Crippen LogP) is 2.07. The first-order chi connectivity index (χ1) is 10.6. The molecular weight excluding hydrogens is 282 g/mol. The minimum Gasteiger partial charge on any atom is -0.353 e. The number of urea groups is 1. The summed E-state index contributed by atoms with van der Waals surface area (Å²) in [7, 11) is 1.45. The molecule has 0 spiro atoms. The van der Waals surface area contributed by atoms with Crippen LogP contribution in [-0.2, 0) is 9.59 Å². The van der Waals surface area contributed by atoms with Gasteiger partial charge in [0.15, 0.2) is 0 Å². The number of carbonyl (C=O) groups excluding carboxylic acids is 3. The highest BCUT2D eigenvalue weighted by molar-refractivity contribution is 6.36. The molecule has 0 saturated heterocycles. The maximum Gasteiger partial charge on any atom is 0.319 e. The lowest BCUT2D eigenvalue weighted by Crippen LogP contribution is -2.29. The van der Waals surface area contributed by atoms with Crippen LogP contribution < -0.4 is 16.0 Å². The van der Waals surface area contributed by atoms with Crippen molar-refractivity contribution in [3.8, 4) is 0 Å². The van der Waals surface area contributed by atoms with Crippen LogP contribution in [0.15, 0.2) is 30.3 Å². The average Bonchev–Trinajstić information content (AvgIpc) is 2.53. The lowest BCUT2D eigenvalue weighted by molar-refractivity contribution is -0.137. The van der Waals surface area contributed by atoms with Gasteiger partial charge in [0.25, 0.3) is 5.91 Å². The molecule has 0 aliphatic rings. The first kappa shape index (κ1) is 17.7. The number of unbranched alkanes of at least 4 members (excludes halogenated alkanes) is 3. The molecule has 0 aliphatic carbocycles. The molecule has 0 aromatic heterocycles. The zero-order valence-electron chi connectivity index (χ0n) is 12.9. The molecule has 1 rings (SSSR count). The Morgan fingerprint density at radius 1 is 0.955 bits per heavy atom. The van der Waals surface area contributed by atoms with Crippen molar-refractivity contribution in [1.82, 2.24) is 10.6 Å². The van der Waals surface area contributed by atoms with Gasteiger partial charge in [0.05, 0.1) is 0 Å². The minimum absolute atomic E-state index is 0.221. The smallest absolute Gasteiger partial charge is 0.319 e. The van der Waals surface area contributed by atoms with E-state index in [4.69, 9.17) is 0 Å². The fourth-order valence-electron chi connectivity index (χ4n) is 1.92. The summed E-state index contributed by atoms with van der Waals surface area (Å²) in [4.78, 5) is 33.8. The van der Waals surface area contributed by atoms with Gasteiger partial charge in [-0.15, -0.1) is 0 Å². The summed E-state index contributed by atoms with van der Waals surface area (Å²) in [6.07, 6.45) is 3.60. The molecular formula is C16H23N3O3.